The number of fused-ring (bicyclic) bond motifs is 1. The molecule has 1 aliphatic carbocycles. The first-order chi connectivity index (χ1) is 14.9. The van der Waals surface area contributed by atoms with Crippen molar-refractivity contribution in [1.82, 2.24) is 14.9 Å². The van der Waals surface area contributed by atoms with E-state index in [2.05, 4.69) is 5.32 Å². The first kappa shape index (κ1) is 20.7. The third-order valence-corrected chi connectivity index (χ3v) is 9.16. The summed E-state index contributed by atoms with van der Waals surface area (Å²) in [5, 5.41) is 5.97. The van der Waals surface area contributed by atoms with Gasteiger partial charge in [-0.25, -0.2) is 13.4 Å². The highest BCUT2D eigenvalue weighted by Crippen LogP contribution is 2.44. The fourth-order valence-corrected chi connectivity index (χ4v) is 7.46. The van der Waals surface area contributed by atoms with Crippen LogP contribution in [0, 0.1) is 0 Å². The molecule has 1 unspecified atom stereocenters. The number of aromatic nitrogens is 2. The highest BCUT2D eigenvalue weighted by atomic mass is 32.2. The Morgan fingerprint density at radius 3 is 2.68 bits per heavy atom. The SMILES string of the molecule is O=C(CSc1nc2scc(C3CC3)c2c(=O)n1-c1ccccc1)NC1CCS(=O)(=O)C1. The Hall–Kier alpha value is -2.17. The van der Waals surface area contributed by atoms with Gasteiger partial charge in [0.05, 0.1) is 28.3 Å². The summed E-state index contributed by atoms with van der Waals surface area (Å²) in [4.78, 5) is 31.4. The smallest absolute Gasteiger partial charge is 0.267 e. The molecule has 10 heteroatoms. The van der Waals surface area contributed by atoms with Crippen molar-refractivity contribution >= 4 is 49.1 Å². The van der Waals surface area contributed by atoms with Crippen LogP contribution in [0.2, 0.25) is 0 Å². The van der Waals surface area contributed by atoms with Gasteiger partial charge in [-0.05, 0) is 48.3 Å². The molecular formula is C21H21N3O4S3. The molecule has 7 nitrogen and oxygen atoms in total. The molecule has 1 aromatic carbocycles. The lowest BCUT2D eigenvalue weighted by atomic mass is 10.1. The van der Waals surface area contributed by atoms with Gasteiger partial charge in [-0.3, -0.25) is 14.2 Å². The van der Waals surface area contributed by atoms with Gasteiger partial charge in [-0.2, -0.15) is 0 Å². The van der Waals surface area contributed by atoms with Crippen LogP contribution in [0.3, 0.4) is 0 Å². The van der Waals surface area contributed by atoms with Crippen LogP contribution in [0.4, 0.5) is 0 Å². The van der Waals surface area contributed by atoms with Crippen LogP contribution in [0.25, 0.3) is 15.9 Å². The maximum atomic E-state index is 13.5. The van der Waals surface area contributed by atoms with Gasteiger partial charge in [0, 0.05) is 6.04 Å². The number of carbonyl (C=O) groups is 1. The molecule has 1 saturated carbocycles. The molecular weight excluding hydrogens is 454 g/mol. The number of benzene rings is 1. The largest absolute Gasteiger partial charge is 0.352 e. The van der Waals surface area contributed by atoms with Crippen molar-refractivity contribution in [3.05, 3.63) is 51.6 Å². The average Bonchev–Trinajstić information content (AvgIpc) is 3.41. The van der Waals surface area contributed by atoms with Crippen molar-refractivity contribution < 1.29 is 13.2 Å². The van der Waals surface area contributed by atoms with Crippen LogP contribution in [-0.2, 0) is 14.6 Å². The Bertz CT molecular complexity index is 1310. The van der Waals surface area contributed by atoms with Crippen LogP contribution >= 0.6 is 23.1 Å². The number of carbonyl (C=O) groups excluding carboxylic acids is 1. The van der Waals surface area contributed by atoms with Gasteiger partial charge in [0.25, 0.3) is 5.56 Å². The zero-order chi connectivity index (χ0) is 21.6. The van der Waals surface area contributed by atoms with E-state index < -0.39 is 9.84 Å². The average molecular weight is 476 g/mol. The summed E-state index contributed by atoms with van der Waals surface area (Å²) in [5.41, 5.74) is 1.68. The molecule has 5 rings (SSSR count). The van der Waals surface area contributed by atoms with E-state index in [1.807, 2.05) is 35.7 Å². The second kappa shape index (κ2) is 8.07. The molecule has 2 fully saturated rings. The standard InChI is InChI=1S/C21H21N3O4S3/c25-17(22-14-8-9-31(27,28)12-14)11-30-21-23-19-18(16(10-29-19)13-6-7-13)20(26)24(21)15-4-2-1-3-5-15/h1-5,10,13-14H,6-9,11-12H2,(H,22,25). The molecule has 1 atom stereocenters. The van der Waals surface area contributed by atoms with Crippen molar-refractivity contribution in [2.24, 2.45) is 0 Å². The topological polar surface area (TPSA) is 98.1 Å². The van der Waals surface area contributed by atoms with Gasteiger partial charge in [-0.15, -0.1) is 11.3 Å². The van der Waals surface area contributed by atoms with Crippen LogP contribution in [0.1, 0.15) is 30.7 Å². The first-order valence-electron chi connectivity index (χ1n) is 10.1. The summed E-state index contributed by atoms with van der Waals surface area (Å²) < 4.78 is 24.8. The Kier molecular flexibility index (Phi) is 5.39. The maximum Gasteiger partial charge on any atom is 0.267 e. The predicted molar refractivity (Wildman–Crippen MR) is 123 cm³/mol. The molecule has 1 N–H and O–H groups in total. The third kappa shape index (κ3) is 4.28. The molecule has 162 valence electrons. The molecule has 1 saturated heterocycles. The normalized spacial score (nSPS) is 20.2. The minimum absolute atomic E-state index is 0.0124. The summed E-state index contributed by atoms with van der Waals surface area (Å²) >= 11 is 2.66. The number of para-hydroxylation sites is 1. The summed E-state index contributed by atoms with van der Waals surface area (Å²) in [6.45, 7) is 0. The molecule has 0 radical (unpaired) electrons. The zero-order valence-electron chi connectivity index (χ0n) is 16.6. The number of hydrogen-bond acceptors (Lipinski definition) is 7. The highest BCUT2D eigenvalue weighted by Gasteiger charge is 2.30. The van der Waals surface area contributed by atoms with Crippen LogP contribution in [-0.4, -0.2) is 47.2 Å². The molecule has 31 heavy (non-hydrogen) atoms. The number of rotatable bonds is 6. The number of hydrogen-bond donors (Lipinski definition) is 1. The summed E-state index contributed by atoms with van der Waals surface area (Å²) in [6, 6.07) is 8.98. The quantitative estimate of drug-likeness (QED) is 0.435. The molecule has 2 aliphatic rings. The lowest BCUT2D eigenvalue weighted by Gasteiger charge is -2.14. The molecule has 0 bridgehead atoms. The van der Waals surface area contributed by atoms with Crippen LogP contribution < -0.4 is 10.9 Å². The van der Waals surface area contributed by atoms with E-state index in [0.29, 0.717) is 33.4 Å². The summed E-state index contributed by atoms with van der Waals surface area (Å²) in [6.07, 6.45) is 2.64. The zero-order valence-corrected chi connectivity index (χ0v) is 19.1. The second-order valence-electron chi connectivity index (χ2n) is 7.97. The lowest BCUT2D eigenvalue weighted by molar-refractivity contribution is -0.119. The lowest BCUT2D eigenvalue weighted by Crippen LogP contribution is -2.36. The molecule has 0 spiro atoms. The Labute approximate surface area is 187 Å². The Morgan fingerprint density at radius 1 is 1.23 bits per heavy atom. The van der Waals surface area contributed by atoms with E-state index in [0.717, 1.165) is 18.4 Å². The number of nitrogens with one attached hydrogen (secondary N) is 1. The van der Waals surface area contributed by atoms with Gasteiger partial charge >= 0.3 is 0 Å². The maximum absolute atomic E-state index is 13.5. The van der Waals surface area contributed by atoms with E-state index in [4.69, 9.17) is 4.98 Å². The van der Waals surface area contributed by atoms with Gasteiger partial charge < -0.3 is 5.32 Å². The second-order valence-corrected chi connectivity index (χ2v) is 12.0. The minimum Gasteiger partial charge on any atom is -0.352 e. The minimum atomic E-state index is -3.06. The van der Waals surface area contributed by atoms with Crippen LogP contribution in [0.5, 0.6) is 0 Å². The van der Waals surface area contributed by atoms with Crippen molar-refractivity contribution in [2.45, 2.75) is 36.4 Å². The highest BCUT2D eigenvalue weighted by molar-refractivity contribution is 7.99. The first-order valence-corrected chi connectivity index (χ1v) is 13.8. The molecule has 3 aromatic rings. The fourth-order valence-electron chi connectivity index (χ4n) is 3.90. The molecule has 1 amide bonds. The van der Waals surface area contributed by atoms with Crippen molar-refractivity contribution in [1.29, 1.82) is 0 Å². The van der Waals surface area contributed by atoms with Crippen molar-refractivity contribution in [3.63, 3.8) is 0 Å². The predicted octanol–water partition coefficient (Wildman–Crippen LogP) is 2.72. The third-order valence-electron chi connectivity index (χ3n) is 5.57. The van der Waals surface area contributed by atoms with Gasteiger partial charge in [0.1, 0.15) is 4.83 Å². The summed E-state index contributed by atoms with van der Waals surface area (Å²) in [5.74, 6) is 0.341. The van der Waals surface area contributed by atoms with E-state index in [1.54, 1.807) is 4.57 Å². The van der Waals surface area contributed by atoms with E-state index in [9.17, 15) is 18.0 Å². The summed E-state index contributed by atoms with van der Waals surface area (Å²) in [7, 11) is -3.06. The van der Waals surface area contributed by atoms with Gasteiger partial charge in [0.15, 0.2) is 15.0 Å². The van der Waals surface area contributed by atoms with Crippen LogP contribution in [0.15, 0.2) is 45.7 Å². The van der Waals surface area contributed by atoms with Crippen molar-refractivity contribution in [3.8, 4) is 5.69 Å². The molecule has 3 heterocycles. The van der Waals surface area contributed by atoms with E-state index in [1.165, 1.54) is 23.1 Å². The number of thioether (sulfide) groups is 1. The van der Waals surface area contributed by atoms with E-state index in [-0.39, 0.29) is 34.8 Å². The van der Waals surface area contributed by atoms with Crippen molar-refractivity contribution in [2.75, 3.05) is 17.3 Å². The number of nitrogens with zero attached hydrogens (tertiary/aromatic N) is 2. The number of sulfone groups is 1. The monoisotopic (exact) mass is 475 g/mol. The molecule has 2 aromatic heterocycles. The number of thiophene rings is 1. The fraction of sp³-hybridized carbons (Fsp3) is 0.381. The van der Waals surface area contributed by atoms with Gasteiger partial charge in [-0.1, -0.05) is 30.0 Å². The Morgan fingerprint density at radius 2 is 2.00 bits per heavy atom. The van der Waals surface area contributed by atoms with Gasteiger partial charge in [0.2, 0.25) is 5.91 Å². The van der Waals surface area contributed by atoms with E-state index >= 15 is 0 Å². The number of amides is 1. The Balaban J connectivity index is 1.45. The molecule has 1 aliphatic heterocycles.